The van der Waals surface area contributed by atoms with E-state index in [1.54, 1.807) is 0 Å². The standard InChI is InChI=1S/C41H31FN4S/c1-41(2)31-16-4-7-19-36(31)47-37-23-30-29-15-10-20-43-40(29)46(35(30)24-32(37)41)28-14-9-12-26(22-28)38(42)25-11-8-13-27(21-25)39-44-33-17-5-6-18-34(33)45(39)3/h4-24,38H,1-3H3. The second-order valence-corrected chi connectivity index (χ2v) is 13.9. The highest BCUT2D eigenvalue weighted by Gasteiger charge is 2.34. The molecule has 1 atom stereocenters. The molecule has 1 unspecified atom stereocenters. The molecule has 0 amide bonds. The zero-order valence-corrected chi connectivity index (χ0v) is 27.1. The number of benzene rings is 5. The number of nitrogens with zero attached hydrogens (tertiary/aromatic N) is 4. The molecule has 4 heterocycles. The number of hydrogen-bond acceptors (Lipinski definition) is 3. The third-order valence-corrected chi connectivity index (χ3v) is 10.9. The van der Waals surface area contributed by atoms with Crippen molar-refractivity contribution in [1.29, 1.82) is 0 Å². The quantitative estimate of drug-likeness (QED) is 0.194. The van der Waals surface area contributed by atoms with Crippen molar-refractivity contribution in [1.82, 2.24) is 19.1 Å². The predicted molar refractivity (Wildman–Crippen MR) is 190 cm³/mol. The Morgan fingerprint density at radius 1 is 0.702 bits per heavy atom. The van der Waals surface area contributed by atoms with Crippen LogP contribution >= 0.6 is 11.8 Å². The van der Waals surface area contributed by atoms with Gasteiger partial charge in [-0.3, -0.25) is 4.57 Å². The first-order chi connectivity index (χ1) is 22.9. The van der Waals surface area contributed by atoms with Gasteiger partial charge in [-0.05, 0) is 82.9 Å². The predicted octanol–water partition coefficient (Wildman–Crippen LogP) is 10.6. The Kier molecular flexibility index (Phi) is 6.21. The summed E-state index contributed by atoms with van der Waals surface area (Å²) in [7, 11) is 2.00. The summed E-state index contributed by atoms with van der Waals surface area (Å²) in [6.07, 6.45) is 0.519. The number of aryl methyl sites for hydroxylation is 1. The third kappa shape index (κ3) is 4.28. The second-order valence-electron chi connectivity index (χ2n) is 12.9. The van der Waals surface area contributed by atoms with Gasteiger partial charge >= 0.3 is 0 Å². The zero-order valence-electron chi connectivity index (χ0n) is 26.3. The zero-order chi connectivity index (χ0) is 31.9. The number of rotatable bonds is 4. The van der Waals surface area contributed by atoms with E-state index in [4.69, 9.17) is 9.97 Å². The SMILES string of the molecule is Cn1c(-c2cccc(C(F)c3cccc(-n4c5cc6c(cc5c5cccnc54)Sc4ccccc4C6(C)C)c3)c2)nc2ccccc21. The van der Waals surface area contributed by atoms with Gasteiger partial charge in [-0.15, -0.1) is 0 Å². The van der Waals surface area contributed by atoms with Crippen molar-refractivity contribution in [2.45, 2.75) is 35.2 Å². The first kappa shape index (κ1) is 28.1. The largest absolute Gasteiger partial charge is 0.327 e. The van der Waals surface area contributed by atoms with Crippen LogP contribution < -0.4 is 0 Å². The van der Waals surface area contributed by atoms with Gasteiger partial charge in [0.1, 0.15) is 11.5 Å². The molecular formula is C41H31FN4S. The van der Waals surface area contributed by atoms with Gasteiger partial charge in [-0.1, -0.05) is 86.3 Å². The Balaban J connectivity index is 1.16. The van der Waals surface area contributed by atoms with Crippen molar-refractivity contribution in [2.75, 3.05) is 0 Å². The maximum absolute atomic E-state index is 16.5. The molecule has 9 rings (SSSR count). The first-order valence-electron chi connectivity index (χ1n) is 15.9. The van der Waals surface area contributed by atoms with Crippen molar-refractivity contribution >= 4 is 44.7 Å². The number of fused-ring (bicyclic) bond motifs is 6. The first-order valence-corrected chi connectivity index (χ1v) is 16.7. The maximum atomic E-state index is 16.5. The highest BCUT2D eigenvalue weighted by Crippen LogP contribution is 2.51. The average molecular weight is 631 g/mol. The lowest BCUT2D eigenvalue weighted by Gasteiger charge is -2.34. The van der Waals surface area contributed by atoms with E-state index in [0.29, 0.717) is 11.1 Å². The Hall–Kier alpha value is -5.20. The van der Waals surface area contributed by atoms with Crippen molar-refractivity contribution in [3.63, 3.8) is 0 Å². The minimum Gasteiger partial charge on any atom is -0.327 e. The van der Waals surface area contributed by atoms with Crippen molar-refractivity contribution in [2.24, 2.45) is 7.05 Å². The maximum Gasteiger partial charge on any atom is 0.150 e. The monoisotopic (exact) mass is 630 g/mol. The number of halogens is 1. The van der Waals surface area contributed by atoms with E-state index in [0.717, 1.165) is 50.0 Å². The Morgan fingerprint density at radius 2 is 1.49 bits per heavy atom. The number of alkyl halides is 1. The lowest BCUT2D eigenvalue weighted by Crippen LogP contribution is -2.23. The molecule has 3 aromatic heterocycles. The summed E-state index contributed by atoms with van der Waals surface area (Å²) in [4.78, 5) is 12.3. The molecule has 5 aromatic carbocycles. The molecule has 0 saturated carbocycles. The summed E-state index contributed by atoms with van der Waals surface area (Å²) in [6, 6.07) is 41.0. The van der Waals surface area contributed by atoms with Crippen LogP contribution in [-0.2, 0) is 12.5 Å². The third-order valence-electron chi connectivity index (χ3n) is 9.73. The van der Waals surface area contributed by atoms with E-state index in [9.17, 15) is 0 Å². The number of hydrogen-bond donors (Lipinski definition) is 0. The minimum absolute atomic E-state index is 0.171. The molecule has 8 aromatic rings. The Morgan fingerprint density at radius 3 is 2.36 bits per heavy atom. The summed E-state index contributed by atoms with van der Waals surface area (Å²) >= 11 is 1.83. The molecule has 228 valence electrons. The van der Waals surface area contributed by atoms with E-state index in [1.165, 1.54) is 20.9 Å². The van der Waals surface area contributed by atoms with Gasteiger partial charge in [0.15, 0.2) is 6.17 Å². The molecule has 1 aliphatic heterocycles. The highest BCUT2D eigenvalue weighted by atomic mass is 32.2. The van der Waals surface area contributed by atoms with Gasteiger partial charge in [-0.2, -0.15) is 0 Å². The Bertz CT molecular complexity index is 2520. The van der Waals surface area contributed by atoms with Crippen molar-refractivity contribution < 1.29 is 4.39 Å². The summed E-state index contributed by atoms with van der Waals surface area (Å²) in [6.45, 7) is 4.61. The molecular weight excluding hydrogens is 600 g/mol. The molecule has 0 radical (unpaired) electrons. The topological polar surface area (TPSA) is 35.6 Å². The van der Waals surface area contributed by atoms with E-state index in [1.807, 2.05) is 97.8 Å². The number of aromatic nitrogens is 4. The van der Waals surface area contributed by atoms with Crippen LogP contribution in [0.3, 0.4) is 0 Å². The van der Waals surface area contributed by atoms with E-state index < -0.39 is 6.17 Å². The van der Waals surface area contributed by atoms with Crippen LogP contribution in [0.25, 0.3) is 50.0 Å². The van der Waals surface area contributed by atoms with Crippen LogP contribution in [0.4, 0.5) is 4.39 Å². The van der Waals surface area contributed by atoms with Crippen LogP contribution in [0.5, 0.6) is 0 Å². The molecule has 0 fully saturated rings. The molecule has 0 N–H and O–H groups in total. The molecule has 1 aliphatic rings. The normalized spacial score (nSPS) is 14.4. The highest BCUT2D eigenvalue weighted by molar-refractivity contribution is 7.99. The fraction of sp³-hybridized carbons (Fsp3) is 0.122. The van der Waals surface area contributed by atoms with Crippen LogP contribution in [0.2, 0.25) is 0 Å². The summed E-state index contributed by atoms with van der Waals surface area (Å²) in [5.41, 5.74) is 9.32. The van der Waals surface area contributed by atoms with Gasteiger partial charge in [0.2, 0.25) is 0 Å². The summed E-state index contributed by atoms with van der Waals surface area (Å²) in [5, 5.41) is 2.23. The number of pyridine rings is 1. The number of para-hydroxylation sites is 2. The van der Waals surface area contributed by atoms with Gasteiger partial charge in [0, 0.05) is 50.5 Å². The van der Waals surface area contributed by atoms with Gasteiger partial charge in [-0.25, -0.2) is 14.4 Å². The van der Waals surface area contributed by atoms with Crippen LogP contribution in [-0.4, -0.2) is 19.1 Å². The van der Waals surface area contributed by atoms with Crippen LogP contribution in [0, 0.1) is 0 Å². The lowest BCUT2D eigenvalue weighted by atomic mass is 9.77. The molecule has 0 bridgehead atoms. The molecule has 0 spiro atoms. The van der Waals surface area contributed by atoms with Crippen molar-refractivity contribution in [3.05, 3.63) is 150 Å². The van der Waals surface area contributed by atoms with Gasteiger partial charge < -0.3 is 4.57 Å². The van der Waals surface area contributed by atoms with Crippen LogP contribution in [0.15, 0.2) is 137 Å². The molecule has 6 heteroatoms. The fourth-order valence-corrected chi connectivity index (χ4v) is 8.71. The molecule has 4 nitrogen and oxygen atoms in total. The smallest absolute Gasteiger partial charge is 0.150 e. The molecule has 0 aliphatic carbocycles. The summed E-state index contributed by atoms with van der Waals surface area (Å²) in [5.74, 6) is 0.817. The van der Waals surface area contributed by atoms with Crippen LogP contribution in [0.1, 0.15) is 42.3 Å². The Labute approximate surface area is 276 Å². The lowest BCUT2D eigenvalue weighted by molar-refractivity contribution is 0.402. The van der Waals surface area contributed by atoms with Gasteiger partial charge in [0.05, 0.1) is 16.6 Å². The van der Waals surface area contributed by atoms with E-state index in [2.05, 4.69) is 71.5 Å². The van der Waals surface area contributed by atoms with Crippen molar-refractivity contribution in [3.8, 4) is 17.1 Å². The molecule has 47 heavy (non-hydrogen) atoms. The second kappa shape index (κ2) is 10.4. The summed E-state index contributed by atoms with van der Waals surface area (Å²) < 4.78 is 20.8. The van der Waals surface area contributed by atoms with Gasteiger partial charge in [0.25, 0.3) is 0 Å². The molecule has 0 saturated heterocycles. The fourth-order valence-electron chi connectivity index (χ4n) is 7.29. The minimum atomic E-state index is -1.31. The number of imidazole rings is 1. The van der Waals surface area contributed by atoms with E-state index in [-0.39, 0.29) is 5.41 Å². The van der Waals surface area contributed by atoms with E-state index >= 15 is 4.39 Å². The average Bonchev–Trinajstić information content (AvgIpc) is 3.62.